The normalized spacial score (nSPS) is 28.7. The van der Waals surface area contributed by atoms with E-state index in [1.54, 1.807) is 24.3 Å². The summed E-state index contributed by atoms with van der Waals surface area (Å²) in [6, 6.07) is 6.80. The van der Waals surface area contributed by atoms with Crippen LogP contribution in [-0.4, -0.2) is 17.5 Å². The molecule has 0 heterocycles. The van der Waals surface area contributed by atoms with Crippen molar-refractivity contribution in [1.82, 2.24) is 0 Å². The lowest BCUT2D eigenvalue weighted by Crippen LogP contribution is -2.44. The maximum absolute atomic E-state index is 12.7. The van der Waals surface area contributed by atoms with E-state index < -0.39 is 10.8 Å². The van der Waals surface area contributed by atoms with E-state index in [-0.39, 0.29) is 17.5 Å². The number of hydrogen-bond donors (Lipinski definition) is 1. The molecule has 22 heavy (non-hydrogen) atoms. The zero-order chi connectivity index (χ0) is 16.1. The van der Waals surface area contributed by atoms with Crippen LogP contribution in [0.4, 0.5) is 5.69 Å². The molecule has 2 aliphatic rings. The van der Waals surface area contributed by atoms with Gasteiger partial charge in [-0.05, 0) is 56.4 Å². The molecule has 2 fully saturated rings. The molecule has 2 aliphatic carbocycles. The molecule has 1 N–H and O–H groups in total. The van der Waals surface area contributed by atoms with Crippen LogP contribution in [0.25, 0.3) is 0 Å². The molecule has 2 bridgehead atoms. The second-order valence-electron chi connectivity index (χ2n) is 7.16. The fourth-order valence-corrected chi connectivity index (χ4v) is 4.02. The van der Waals surface area contributed by atoms with Gasteiger partial charge in [0, 0.05) is 16.7 Å². The Balaban J connectivity index is 1.80. The van der Waals surface area contributed by atoms with Crippen molar-refractivity contribution in [1.29, 1.82) is 0 Å². The molecular formula is C18H21NO3. The average molecular weight is 299 g/mol. The first-order valence-electron chi connectivity index (χ1n) is 7.75. The van der Waals surface area contributed by atoms with Crippen molar-refractivity contribution in [2.45, 2.75) is 40.0 Å². The first-order valence-corrected chi connectivity index (χ1v) is 7.75. The largest absolute Gasteiger partial charge is 0.325 e. The standard InChI is InChI=1S/C18H21NO3/c1-11(20)12-4-6-14(7-5-12)19-16(22)18-9-8-13(10-18)17(2,3)15(18)21/h4-7,13H,8-10H2,1-3H3,(H,19,22). The highest BCUT2D eigenvalue weighted by atomic mass is 16.2. The monoisotopic (exact) mass is 299 g/mol. The Kier molecular flexibility index (Phi) is 3.24. The highest BCUT2D eigenvalue weighted by Crippen LogP contribution is 2.60. The van der Waals surface area contributed by atoms with Gasteiger partial charge in [0.05, 0.1) is 0 Å². The number of fused-ring (bicyclic) bond motifs is 2. The Labute approximate surface area is 130 Å². The number of anilines is 1. The van der Waals surface area contributed by atoms with Crippen LogP contribution in [0.15, 0.2) is 24.3 Å². The first-order chi connectivity index (χ1) is 10.3. The van der Waals surface area contributed by atoms with Gasteiger partial charge in [0.1, 0.15) is 5.41 Å². The van der Waals surface area contributed by atoms with Crippen LogP contribution in [0.5, 0.6) is 0 Å². The third-order valence-electron chi connectivity index (χ3n) is 5.54. The molecule has 0 spiro atoms. The van der Waals surface area contributed by atoms with Crippen LogP contribution in [-0.2, 0) is 9.59 Å². The van der Waals surface area contributed by atoms with Gasteiger partial charge in [-0.3, -0.25) is 14.4 Å². The van der Waals surface area contributed by atoms with Crippen LogP contribution >= 0.6 is 0 Å². The third-order valence-corrected chi connectivity index (χ3v) is 5.54. The van der Waals surface area contributed by atoms with Gasteiger partial charge < -0.3 is 5.32 Å². The Morgan fingerprint density at radius 1 is 1.18 bits per heavy atom. The molecule has 4 nitrogen and oxygen atoms in total. The second-order valence-corrected chi connectivity index (χ2v) is 7.16. The fourth-order valence-electron chi connectivity index (χ4n) is 4.02. The zero-order valence-electron chi connectivity index (χ0n) is 13.2. The number of carbonyl (C=O) groups is 3. The van der Waals surface area contributed by atoms with Crippen molar-refractivity contribution < 1.29 is 14.4 Å². The Morgan fingerprint density at radius 3 is 2.32 bits per heavy atom. The highest BCUT2D eigenvalue weighted by Gasteiger charge is 2.64. The molecule has 1 amide bonds. The van der Waals surface area contributed by atoms with Crippen molar-refractivity contribution in [2.75, 3.05) is 5.32 Å². The maximum Gasteiger partial charge on any atom is 0.238 e. The summed E-state index contributed by atoms with van der Waals surface area (Å²) in [5, 5.41) is 2.87. The van der Waals surface area contributed by atoms with Crippen molar-refractivity contribution >= 4 is 23.2 Å². The van der Waals surface area contributed by atoms with E-state index in [0.717, 1.165) is 6.42 Å². The molecule has 3 rings (SSSR count). The lowest BCUT2D eigenvalue weighted by molar-refractivity contribution is -0.142. The minimum Gasteiger partial charge on any atom is -0.325 e. The smallest absolute Gasteiger partial charge is 0.238 e. The third kappa shape index (κ3) is 2.01. The number of benzene rings is 1. The van der Waals surface area contributed by atoms with Crippen LogP contribution in [0.3, 0.4) is 0 Å². The van der Waals surface area contributed by atoms with E-state index in [9.17, 15) is 14.4 Å². The summed E-state index contributed by atoms with van der Waals surface area (Å²) in [5.41, 5.74) is -0.0119. The molecule has 0 aliphatic heterocycles. The van der Waals surface area contributed by atoms with E-state index in [0.29, 0.717) is 30.0 Å². The second kappa shape index (κ2) is 4.77. The molecule has 0 saturated heterocycles. The van der Waals surface area contributed by atoms with E-state index in [1.807, 2.05) is 13.8 Å². The molecule has 2 saturated carbocycles. The minimum atomic E-state index is -0.854. The predicted octanol–water partition coefficient (Wildman–Crippen LogP) is 3.22. The van der Waals surface area contributed by atoms with E-state index in [1.165, 1.54) is 6.92 Å². The van der Waals surface area contributed by atoms with E-state index in [2.05, 4.69) is 5.32 Å². The number of amides is 1. The average Bonchev–Trinajstić information content (AvgIpc) is 3.00. The number of rotatable bonds is 3. The number of nitrogens with one attached hydrogen (secondary N) is 1. The van der Waals surface area contributed by atoms with Crippen molar-refractivity contribution in [3.63, 3.8) is 0 Å². The Hall–Kier alpha value is -1.97. The summed E-state index contributed by atoms with van der Waals surface area (Å²) in [7, 11) is 0. The Morgan fingerprint density at radius 2 is 1.82 bits per heavy atom. The lowest BCUT2D eigenvalue weighted by atomic mass is 9.70. The van der Waals surface area contributed by atoms with Gasteiger partial charge in [0.2, 0.25) is 5.91 Å². The minimum absolute atomic E-state index is 0.0113. The quantitative estimate of drug-likeness (QED) is 0.688. The van der Waals surface area contributed by atoms with Gasteiger partial charge in [-0.15, -0.1) is 0 Å². The first kappa shape index (κ1) is 14.9. The molecular weight excluding hydrogens is 278 g/mol. The summed E-state index contributed by atoms with van der Waals surface area (Å²) in [6.07, 6.45) is 2.25. The molecule has 0 radical (unpaired) electrons. The number of carbonyl (C=O) groups excluding carboxylic acids is 3. The SMILES string of the molecule is CC(=O)c1ccc(NC(=O)C23CCC(C2)C(C)(C)C3=O)cc1. The summed E-state index contributed by atoms with van der Waals surface area (Å²) in [5.74, 6) is 0.184. The van der Waals surface area contributed by atoms with Gasteiger partial charge in [0.25, 0.3) is 0 Å². The van der Waals surface area contributed by atoms with Crippen LogP contribution in [0.2, 0.25) is 0 Å². The van der Waals surface area contributed by atoms with Crippen molar-refractivity contribution in [3.05, 3.63) is 29.8 Å². The van der Waals surface area contributed by atoms with Crippen LogP contribution in [0, 0.1) is 16.7 Å². The maximum atomic E-state index is 12.7. The highest BCUT2D eigenvalue weighted by molar-refractivity contribution is 6.15. The van der Waals surface area contributed by atoms with Crippen LogP contribution in [0.1, 0.15) is 50.4 Å². The summed E-state index contributed by atoms with van der Waals surface area (Å²) in [6.45, 7) is 5.41. The topological polar surface area (TPSA) is 63.2 Å². The van der Waals surface area contributed by atoms with Gasteiger partial charge >= 0.3 is 0 Å². The number of hydrogen-bond acceptors (Lipinski definition) is 3. The lowest BCUT2D eigenvalue weighted by Gasteiger charge is -2.32. The zero-order valence-corrected chi connectivity index (χ0v) is 13.2. The molecule has 2 atom stereocenters. The van der Waals surface area contributed by atoms with Crippen molar-refractivity contribution in [3.8, 4) is 0 Å². The molecule has 1 aromatic carbocycles. The molecule has 4 heteroatoms. The summed E-state index contributed by atoms with van der Waals surface area (Å²) in [4.78, 5) is 36.7. The van der Waals surface area contributed by atoms with E-state index in [4.69, 9.17) is 0 Å². The molecule has 0 aromatic heterocycles. The van der Waals surface area contributed by atoms with Gasteiger partial charge in [0.15, 0.2) is 11.6 Å². The van der Waals surface area contributed by atoms with Gasteiger partial charge in [-0.25, -0.2) is 0 Å². The molecule has 1 aromatic rings. The predicted molar refractivity (Wildman–Crippen MR) is 83.6 cm³/mol. The van der Waals surface area contributed by atoms with Crippen molar-refractivity contribution in [2.24, 2.45) is 16.7 Å². The van der Waals surface area contributed by atoms with Gasteiger partial charge in [-0.1, -0.05) is 13.8 Å². The number of ketones is 2. The molecule has 116 valence electrons. The number of Topliss-reactive ketones (excluding diaryl/α,β-unsaturated/α-hetero) is 2. The fraction of sp³-hybridized carbons (Fsp3) is 0.500. The summed E-state index contributed by atoms with van der Waals surface area (Å²) >= 11 is 0. The van der Waals surface area contributed by atoms with E-state index >= 15 is 0 Å². The van der Waals surface area contributed by atoms with Gasteiger partial charge in [-0.2, -0.15) is 0 Å². The molecule has 2 unspecified atom stereocenters. The Bertz CT molecular complexity index is 659. The summed E-state index contributed by atoms with van der Waals surface area (Å²) < 4.78 is 0. The van der Waals surface area contributed by atoms with Crippen LogP contribution < -0.4 is 5.32 Å².